The van der Waals surface area contributed by atoms with E-state index in [1.165, 1.54) is 29.5 Å². The zero-order chi connectivity index (χ0) is 33.7. The molecule has 7 heterocycles. The van der Waals surface area contributed by atoms with Crippen LogP contribution in [0.5, 0.6) is 6.01 Å². The Morgan fingerprint density at radius 1 is 1.12 bits per heavy atom. The fourth-order valence-corrected chi connectivity index (χ4v) is 9.34. The standard InChI is InChI=1S/C32H30ClF3N10O2S/c33-20-10-19-24(23(36)22(20)18-2-3-21(35)26-25(18)40-28(37)49-26)41-29(48-14-32-4-1-7-44(32)12-17(34)11-32)42-27(19)43-8-5-31(13-43)6-9-45(31)30(47)46-16-38-15-39-46/h2-3,10,15-17H,1,4-9,11-14H2,(H2,37,40)/t17-,31?,32+/m1/s1. The Bertz CT molecular complexity index is 2150. The van der Waals surface area contributed by atoms with E-state index < -0.39 is 28.9 Å². The minimum absolute atomic E-state index is 0.00168. The van der Waals surface area contributed by atoms with Crippen LogP contribution < -0.4 is 15.4 Å². The largest absolute Gasteiger partial charge is 0.461 e. The monoisotopic (exact) mass is 710 g/mol. The molecular weight excluding hydrogens is 681 g/mol. The number of nitrogens with two attached hydrogens (primary N) is 1. The molecule has 2 N–H and O–H groups in total. The second-order valence-corrected chi connectivity index (χ2v) is 14.8. The molecule has 1 spiro atoms. The number of carbonyl (C=O) groups is 1. The van der Waals surface area contributed by atoms with E-state index in [9.17, 15) is 13.6 Å². The van der Waals surface area contributed by atoms with E-state index >= 15 is 4.39 Å². The van der Waals surface area contributed by atoms with Gasteiger partial charge in [0, 0.05) is 49.1 Å². The highest BCUT2D eigenvalue weighted by molar-refractivity contribution is 7.22. The number of alkyl halides is 1. The Balaban J connectivity index is 1.14. The highest BCUT2D eigenvalue weighted by Crippen LogP contribution is 2.46. The number of likely N-dealkylation sites (tertiary alicyclic amines) is 1. The van der Waals surface area contributed by atoms with Crippen LogP contribution in [0.2, 0.25) is 5.02 Å². The Kier molecular flexibility index (Phi) is 6.98. The molecule has 1 unspecified atom stereocenters. The van der Waals surface area contributed by atoms with Gasteiger partial charge in [-0.25, -0.2) is 27.9 Å². The van der Waals surface area contributed by atoms with Crippen LogP contribution in [0.4, 0.5) is 28.9 Å². The number of nitrogen functional groups attached to an aromatic ring is 1. The van der Waals surface area contributed by atoms with Gasteiger partial charge in [0.25, 0.3) is 0 Å². The smallest absolute Gasteiger partial charge is 0.346 e. The van der Waals surface area contributed by atoms with Crippen LogP contribution in [0.25, 0.3) is 32.2 Å². The summed E-state index contributed by atoms with van der Waals surface area (Å²) in [5.41, 5.74) is 5.39. The Morgan fingerprint density at radius 3 is 2.78 bits per heavy atom. The summed E-state index contributed by atoms with van der Waals surface area (Å²) in [4.78, 5) is 36.7. The lowest BCUT2D eigenvalue weighted by Crippen LogP contribution is -2.64. The maximum absolute atomic E-state index is 16.9. The van der Waals surface area contributed by atoms with Crippen molar-refractivity contribution in [2.24, 2.45) is 0 Å². The predicted molar refractivity (Wildman–Crippen MR) is 178 cm³/mol. The zero-order valence-corrected chi connectivity index (χ0v) is 27.7. The van der Waals surface area contributed by atoms with Crippen LogP contribution in [0.1, 0.15) is 32.1 Å². The molecule has 3 aromatic heterocycles. The summed E-state index contributed by atoms with van der Waals surface area (Å²) in [7, 11) is 0. The van der Waals surface area contributed by atoms with Crippen LogP contribution in [-0.2, 0) is 0 Å². The molecule has 12 nitrogen and oxygen atoms in total. The first-order valence-electron chi connectivity index (χ1n) is 16.1. The number of nitrogens with zero attached hydrogens (tertiary/aromatic N) is 9. The summed E-state index contributed by atoms with van der Waals surface area (Å²) in [5, 5.41) is 4.56. The van der Waals surface area contributed by atoms with Gasteiger partial charge in [0.1, 0.15) is 42.6 Å². The molecule has 9 rings (SSSR count). The first-order chi connectivity index (χ1) is 23.6. The Hall–Kier alpha value is -4.28. The van der Waals surface area contributed by atoms with E-state index in [1.807, 2.05) is 4.90 Å². The van der Waals surface area contributed by atoms with E-state index in [0.29, 0.717) is 50.2 Å². The topological polar surface area (TPSA) is 131 Å². The third-order valence-electron chi connectivity index (χ3n) is 10.7. The van der Waals surface area contributed by atoms with Crippen molar-refractivity contribution < 1.29 is 22.7 Å². The van der Waals surface area contributed by atoms with Gasteiger partial charge in [0.2, 0.25) is 0 Å². The van der Waals surface area contributed by atoms with Crippen molar-refractivity contribution in [1.29, 1.82) is 0 Å². The van der Waals surface area contributed by atoms with Crippen LogP contribution in [0.15, 0.2) is 30.9 Å². The minimum atomic E-state index is -0.946. The average molecular weight is 711 g/mol. The quantitative estimate of drug-likeness (QED) is 0.257. The van der Waals surface area contributed by atoms with Gasteiger partial charge in [-0.05, 0) is 50.4 Å². The molecule has 17 heteroatoms. The number of benzene rings is 2. The first-order valence-corrected chi connectivity index (χ1v) is 17.3. The number of hydrogen-bond donors (Lipinski definition) is 1. The summed E-state index contributed by atoms with van der Waals surface area (Å²) >= 11 is 7.81. The number of thiazole rings is 1. The van der Waals surface area contributed by atoms with E-state index in [2.05, 4.69) is 25.0 Å². The number of carbonyl (C=O) groups excluding carboxylic acids is 1. The van der Waals surface area contributed by atoms with Crippen molar-refractivity contribution in [3.05, 3.63) is 47.5 Å². The lowest BCUT2D eigenvalue weighted by Gasteiger charge is -2.50. The summed E-state index contributed by atoms with van der Waals surface area (Å²) in [6, 6.07) is 3.94. The molecular formula is C32H30ClF3N10O2S. The van der Waals surface area contributed by atoms with Crippen LogP contribution in [0.3, 0.4) is 0 Å². The van der Waals surface area contributed by atoms with E-state index in [4.69, 9.17) is 27.1 Å². The van der Waals surface area contributed by atoms with Gasteiger partial charge >= 0.3 is 12.0 Å². The number of rotatable bonds is 5. The molecule has 2 aromatic carbocycles. The van der Waals surface area contributed by atoms with Gasteiger partial charge in [-0.1, -0.05) is 22.9 Å². The molecule has 49 heavy (non-hydrogen) atoms. The third-order valence-corrected chi connectivity index (χ3v) is 11.9. The summed E-state index contributed by atoms with van der Waals surface area (Å²) in [6.07, 6.45) is 5.23. The molecule has 3 atom stereocenters. The predicted octanol–water partition coefficient (Wildman–Crippen LogP) is 5.29. The van der Waals surface area contributed by atoms with Gasteiger partial charge in [0.05, 0.1) is 26.3 Å². The van der Waals surface area contributed by atoms with Gasteiger partial charge in [-0.15, -0.1) is 0 Å². The van der Waals surface area contributed by atoms with E-state index in [0.717, 1.165) is 37.1 Å². The van der Waals surface area contributed by atoms with Gasteiger partial charge < -0.3 is 20.3 Å². The number of halogens is 4. The second-order valence-electron chi connectivity index (χ2n) is 13.4. The molecule has 4 aliphatic heterocycles. The Labute approximate surface area is 286 Å². The zero-order valence-electron chi connectivity index (χ0n) is 26.1. The van der Waals surface area contributed by atoms with Crippen molar-refractivity contribution >= 4 is 61.0 Å². The number of aromatic nitrogens is 6. The van der Waals surface area contributed by atoms with Gasteiger partial charge in [-0.2, -0.15) is 19.7 Å². The van der Waals surface area contributed by atoms with Gasteiger partial charge in [-0.3, -0.25) is 4.90 Å². The molecule has 254 valence electrons. The third kappa shape index (κ3) is 4.74. The molecule has 4 saturated heterocycles. The van der Waals surface area contributed by atoms with Crippen LogP contribution in [0, 0.1) is 11.6 Å². The molecule has 5 aromatic rings. The summed E-state index contributed by atoms with van der Waals surface area (Å²) in [6.45, 7) is 2.81. The van der Waals surface area contributed by atoms with Crippen molar-refractivity contribution in [3.63, 3.8) is 0 Å². The maximum atomic E-state index is 16.9. The molecule has 4 fully saturated rings. The number of ether oxygens (including phenoxy) is 1. The molecule has 0 bridgehead atoms. The highest BCUT2D eigenvalue weighted by atomic mass is 35.5. The average Bonchev–Trinajstić information content (AvgIpc) is 3.89. The SMILES string of the molecule is Nc1nc2c(-c3c(Cl)cc4c(N5CCC6(CCN6C(=O)n6cncn6)C5)nc(OC[C@@]56CCCN5C[C@H](F)C6)nc4c3F)ccc(F)c2s1. The number of fused-ring (bicyclic) bond motifs is 3. The number of hydrogen-bond acceptors (Lipinski definition) is 11. The van der Waals surface area contributed by atoms with Crippen LogP contribution in [-0.4, -0.2) is 102 Å². The molecule has 0 aliphatic carbocycles. The van der Waals surface area contributed by atoms with E-state index in [1.54, 1.807) is 11.0 Å². The number of amides is 1. The van der Waals surface area contributed by atoms with Crippen molar-refractivity contribution in [1.82, 2.24) is 39.5 Å². The van der Waals surface area contributed by atoms with Crippen molar-refractivity contribution in [2.75, 3.05) is 50.0 Å². The Morgan fingerprint density at radius 2 is 1.98 bits per heavy atom. The second kappa shape index (κ2) is 11.1. The molecule has 1 amide bonds. The fourth-order valence-electron chi connectivity index (χ4n) is 8.28. The van der Waals surface area contributed by atoms with Crippen molar-refractivity contribution in [3.8, 4) is 17.1 Å². The van der Waals surface area contributed by atoms with Crippen LogP contribution >= 0.6 is 22.9 Å². The number of anilines is 2. The summed E-state index contributed by atoms with van der Waals surface area (Å²) in [5.74, 6) is -0.869. The van der Waals surface area contributed by atoms with E-state index in [-0.39, 0.29) is 55.7 Å². The first kappa shape index (κ1) is 30.8. The summed E-state index contributed by atoms with van der Waals surface area (Å²) < 4.78 is 53.8. The lowest BCUT2D eigenvalue weighted by molar-refractivity contribution is 0.0400. The normalized spacial score (nSPS) is 25.2. The maximum Gasteiger partial charge on any atom is 0.346 e. The lowest BCUT2D eigenvalue weighted by atomic mass is 9.84. The minimum Gasteiger partial charge on any atom is -0.461 e. The molecule has 0 saturated carbocycles. The molecule has 0 radical (unpaired) electrons. The van der Waals surface area contributed by atoms with Crippen molar-refractivity contribution in [2.45, 2.75) is 49.4 Å². The fraction of sp³-hybridized carbons (Fsp3) is 0.438. The molecule has 4 aliphatic rings. The van der Waals surface area contributed by atoms with Gasteiger partial charge in [0.15, 0.2) is 10.9 Å². The highest BCUT2D eigenvalue weighted by Gasteiger charge is 2.53.